The first-order valence-electron chi connectivity index (χ1n) is 9.50. The Bertz CT molecular complexity index is 1080. The Morgan fingerprint density at radius 1 is 1.21 bits per heavy atom. The van der Waals surface area contributed by atoms with E-state index in [9.17, 15) is 4.79 Å². The van der Waals surface area contributed by atoms with Crippen LogP contribution in [0.5, 0.6) is 11.5 Å². The monoisotopic (exact) mass is 410 g/mol. The molecule has 29 heavy (non-hydrogen) atoms. The van der Waals surface area contributed by atoms with Crippen LogP contribution < -0.4 is 20.5 Å². The molecular weight excluding hydrogens is 388 g/mol. The summed E-state index contributed by atoms with van der Waals surface area (Å²) in [5, 5.41) is 4.01. The summed E-state index contributed by atoms with van der Waals surface area (Å²) in [6.45, 7) is 4.43. The maximum Gasteiger partial charge on any atom is 0.231 e. The molecule has 0 unspecified atom stereocenters. The molecule has 5 rings (SSSR count). The number of nitrogens with two attached hydrogens (primary N) is 1. The summed E-state index contributed by atoms with van der Waals surface area (Å²) in [5.74, 6) is 2.23. The second-order valence-corrected chi connectivity index (χ2v) is 9.14. The number of hydrogen-bond donors (Lipinski definition) is 2. The normalized spacial score (nSPS) is 21.5. The molecule has 0 radical (unpaired) electrons. The highest BCUT2D eigenvalue weighted by molar-refractivity contribution is 7.98. The van der Waals surface area contributed by atoms with Crippen molar-refractivity contribution in [3.8, 4) is 11.5 Å². The molecule has 0 amide bonds. The van der Waals surface area contributed by atoms with Gasteiger partial charge in [0.05, 0.1) is 0 Å². The molecule has 0 bridgehead atoms. The zero-order valence-corrected chi connectivity index (χ0v) is 17.4. The molecule has 0 spiro atoms. The molecule has 0 saturated carbocycles. The van der Waals surface area contributed by atoms with Crippen LogP contribution in [-0.4, -0.2) is 28.8 Å². The van der Waals surface area contributed by atoms with Gasteiger partial charge in [0.25, 0.3) is 0 Å². The first-order chi connectivity index (χ1) is 13.9. The molecule has 0 fully saturated rings. The predicted octanol–water partition coefficient (Wildman–Crippen LogP) is 3.71. The van der Waals surface area contributed by atoms with Crippen LogP contribution in [0.4, 0.5) is 11.6 Å². The van der Waals surface area contributed by atoms with E-state index in [0.717, 1.165) is 28.8 Å². The number of Topliss-reactive ketones (excluding diaryl/α,β-unsaturated/α-hetero) is 1. The standard InChI is InChI=1S/C21H22N4O3S/c1-21(2)7-11-16(12(26)8-21)15(10-4-5-13-14(6-10)28-9-27-13)17-18(22)24-20(29-3)25-19(17)23-11/h4-6,15H,7-9H2,1-3H3,(H3,22,23,24,25)/t15-/m1/s1. The smallest absolute Gasteiger partial charge is 0.231 e. The lowest BCUT2D eigenvalue weighted by molar-refractivity contribution is -0.118. The zero-order chi connectivity index (χ0) is 20.3. The van der Waals surface area contributed by atoms with Crippen LogP contribution >= 0.6 is 11.8 Å². The third kappa shape index (κ3) is 2.93. The van der Waals surface area contributed by atoms with Gasteiger partial charge in [0.2, 0.25) is 6.79 Å². The number of ether oxygens (including phenoxy) is 2. The van der Waals surface area contributed by atoms with Gasteiger partial charge in [-0.25, -0.2) is 9.97 Å². The molecule has 150 valence electrons. The highest BCUT2D eigenvalue weighted by Gasteiger charge is 2.42. The topological polar surface area (TPSA) is 99.4 Å². The number of thioether (sulfide) groups is 1. The van der Waals surface area contributed by atoms with Crippen LogP contribution in [0, 0.1) is 5.41 Å². The lowest BCUT2D eigenvalue weighted by Crippen LogP contribution is -2.34. The van der Waals surface area contributed by atoms with Crippen LogP contribution in [0.2, 0.25) is 0 Å². The predicted molar refractivity (Wildman–Crippen MR) is 111 cm³/mol. The highest BCUT2D eigenvalue weighted by atomic mass is 32.2. The van der Waals surface area contributed by atoms with E-state index in [1.165, 1.54) is 11.8 Å². The molecule has 1 aliphatic carbocycles. The first kappa shape index (κ1) is 18.3. The van der Waals surface area contributed by atoms with Gasteiger partial charge in [0.15, 0.2) is 22.4 Å². The van der Waals surface area contributed by atoms with Crippen LogP contribution in [0.1, 0.15) is 43.7 Å². The number of ketones is 1. The van der Waals surface area contributed by atoms with Gasteiger partial charge in [0, 0.05) is 29.2 Å². The lowest BCUT2D eigenvalue weighted by Gasteiger charge is -2.39. The molecule has 2 aromatic rings. The Labute approximate surface area is 173 Å². The van der Waals surface area contributed by atoms with Gasteiger partial charge in [-0.05, 0) is 35.8 Å². The van der Waals surface area contributed by atoms with E-state index in [1.807, 2.05) is 24.5 Å². The van der Waals surface area contributed by atoms with Crippen LogP contribution in [0.3, 0.4) is 0 Å². The van der Waals surface area contributed by atoms with Crippen molar-refractivity contribution in [2.75, 3.05) is 24.1 Å². The van der Waals surface area contributed by atoms with Gasteiger partial charge in [0.1, 0.15) is 11.6 Å². The van der Waals surface area contributed by atoms with E-state index in [0.29, 0.717) is 34.7 Å². The van der Waals surface area contributed by atoms with E-state index in [-0.39, 0.29) is 23.9 Å². The van der Waals surface area contributed by atoms with Crippen molar-refractivity contribution >= 4 is 29.2 Å². The first-order valence-corrected chi connectivity index (χ1v) is 10.7. The Balaban J connectivity index is 1.74. The van der Waals surface area contributed by atoms with Crippen molar-refractivity contribution in [2.24, 2.45) is 5.41 Å². The number of nitrogens with one attached hydrogen (secondary N) is 1. The number of aromatic nitrogens is 2. The summed E-state index contributed by atoms with van der Waals surface area (Å²) in [6, 6.07) is 5.78. The van der Waals surface area contributed by atoms with Gasteiger partial charge in [-0.2, -0.15) is 0 Å². The molecule has 1 atom stereocenters. The third-order valence-electron chi connectivity index (χ3n) is 5.63. The molecule has 0 saturated heterocycles. The van der Waals surface area contributed by atoms with E-state index in [4.69, 9.17) is 15.2 Å². The summed E-state index contributed by atoms with van der Waals surface area (Å²) >= 11 is 1.44. The second-order valence-electron chi connectivity index (χ2n) is 8.36. The Morgan fingerprint density at radius 2 is 2.00 bits per heavy atom. The van der Waals surface area contributed by atoms with Gasteiger partial charge < -0.3 is 20.5 Å². The second kappa shape index (κ2) is 6.38. The number of fused-ring (bicyclic) bond motifs is 2. The van der Waals surface area contributed by atoms with E-state index in [2.05, 4.69) is 29.1 Å². The largest absolute Gasteiger partial charge is 0.454 e. The lowest BCUT2D eigenvalue weighted by atomic mass is 9.69. The van der Waals surface area contributed by atoms with Crippen molar-refractivity contribution in [1.82, 2.24) is 9.97 Å². The number of carbonyl (C=O) groups is 1. The molecule has 1 aromatic carbocycles. The fourth-order valence-electron chi connectivity index (χ4n) is 4.43. The van der Waals surface area contributed by atoms with Crippen molar-refractivity contribution in [3.05, 3.63) is 40.6 Å². The number of rotatable bonds is 2. The summed E-state index contributed by atoms with van der Waals surface area (Å²) in [4.78, 5) is 22.4. The summed E-state index contributed by atoms with van der Waals surface area (Å²) < 4.78 is 11.0. The highest BCUT2D eigenvalue weighted by Crippen LogP contribution is 2.51. The maximum atomic E-state index is 13.3. The number of nitrogens with zero attached hydrogens (tertiary/aromatic N) is 2. The van der Waals surface area contributed by atoms with Crippen LogP contribution in [-0.2, 0) is 4.79 Å². The van der Waals surface area contributed by atoms with Crippen molar-refractivity contribution in [3.63, 3.8) is 0 Å². The van der Waals surface area contributed by atoms with E-state index in [1.54, 1.807) is 0 Å². The molecule has 8 heteroatoms. The molecule has 3 aliphatic rings. The third-order valence-corrected chi connectivity index (χ3v) is 6.18. The van der Waals surface area contributed by atoms with Crippen molar-refractivity contribution < 1.29 is 14.3 Å². The Kier molecular flexibility index (Phi) is 4.03. The van der Waals surface area contributed by atoms with Gasteiger partial charge in [-0.3, -0.25) is 4.79 Å². The quantitative estimate of drug-likeness (QED) is 0.571. The van der Waals surface area contributed by atoms with E-state index >= 15 is 0 Å². The number of benzene rings is 1. The van der Waals surface area contributed by atoms with Gasteiger partial charge >= 0.3 is 0 Å². The number of allylic oxidation sites excluding steroid dienone is 2. The minimum Gasteiger partial charge on any atom is -0.454 e. The van der Waals surface area contributed by atoms with Crippen molar-refractivity contribution in [2.45, 2.75) is 37.8 Å². The Morgan fingerprint density at radius 3 is 2.79 bits per heavy atom. The van der Waals surface area contributed by atoms with Gasteiger partial charge in [-0.1, -0.05) is 31.7 Å². The maximum absolute atomic E-state index is 13.3. The molecule has 2 aliphatic heterocycles. The SMILES string of the molecule is CSc1nc(N)c2c(n1)NC1=C(C(=O)CC(C)(C)C1)[C@H]2c1ccc2c(c1)OCO2. The summed E-state index contributed by atoms with van der Waals surface area (Å²) in [7, 11) is 0. The van der Waals surface area contributed by atoms with Crippen LogP contribution in [0.25, 0.3) is 0 Å². The van der Waals surface area contributed by atoms with Gasteiger partial charge in [-0.15, -0.1) is 0 Å². The minimum absolute atomic E-state index is 0.110. The molecule has 3 N–H and O–H groups in total. The number of nitrogen functional groups attached to an aromatic ring is 1. The fraction of sp³-hybridized carbons (Fsp3) is 0.381. The van der Waals surface area contributed by atoms with E-state index < -0.39 is 0 Å². The summed E-state index contributed by atoms with van der Waals surface area (Å²) in [6.07, 6.45) is 3.18. The zero-order valence-electron chi connectivity index (χ0n) is 16.5. The molecule has 7 nitrogen and oxygen atoms in total. The average Bonchev–Trinajstić information content (AvgIpc) is 3.12. The minimum atomic E-state index is -0.338. The van der Waals surface area contributed by atoms with Crippen molar-refractivity contribution in [1.29, 1.82) is 0 Å². The number of carbonyl (C=O) groups excluding carboxylic acids is 1. The number of anilines is 2. The average molecular weight is 410 g/mol. The molecule has 1 aromatic heterocycles. The molecule has 3 heterocycles. The summed E-state index contributed by atoms with van der Waals surface area (Å²) in [5.41, 5.74) is 9.61. The molecular formula is C21H22N4O3S. The van der Waals surface area contributed by atoms with Crippen LogP contribution in [0.15, 0.2) is 34.6 Å². The fourth-order valence-corrected chi connectivity index (χ4v) is 4.80. The Hall–Kier alpha value is -2.74. The number of hydrogen-bond acceptors (Lipinski definition) is 8.